The number of rotatable bonds is 1. The van der Waals surface area contributed by atoms with Crippen LogP contribution in [0.25, 0.3) is 0 Å². The molecule has 0 aromatic rings. The fourth-order valence-corrected chi connectivity index (χ4v) is 0. The number of ketones is 1. The van der Waals surface area contributed by atoms with Gasteiger partial charge in [0.15, 0.2) is 17.4 Å². The smallest absolute Gasteiger partial charge is 0.187 e. The van der Waals surface area contributed by atoms with Crippen molar-refractivity contribution in [1.82, 2.24) is 0 Å². The summed E-state index contributed by atoms with van der Waals surface area (Å²) in [7, 11) is 0. The molecule has 0 spiro atoms. The molecule has 0 aliphatic rings. The molecule has 0 saturated heterocycles. The summed E-state index contributed by atoms with van der Waals surface area (Å²) < 4.78 is 0. The van der Waals surface area contributed by atoms with Gasteiger partial charge in [-0.3, -0.25) is 0 Å². The monoisotopic (exact) mass is 191 g/mol. The molecule has 0 amide bonds. The van der Waals surface area contributed by atoms with Crippen LogP contribution in [0.4, 0.5) is 0 Å². The van der Waals surface area contributed by atoms with E-state index in [1.165, 1.54) is 6.92 Å². The van der Waals surface area contributed by atoms with Crippen LogP contribution in [-0.4, -0.2) is 23.1 Å². The Balaban J connectivity index is -0.0000000800. The first-order valence-electron chi connectivity index (χ1n) is 1.56. The SMILES string of the molecule is [AlH3].[CH2]CC(C)=O.[Zr]. The standard InChI is InChI=1S/C4H7O.Al.Zr.3H/c1-3-4(2)5;;;;;/h1,3H2,2H3;;;;;. The van der Waals surface area contributed by atoms with Crippen LogP contribution < -0.4 is 0 Å². The van der Waals surface area contributed by atoms with Crippen molar-refractivity contribution in [3.63, 3.8) is 0 Å². The number of hydrogen-bond donors (Lipinski definition) is 0. The fraction of sp³-hybridized carbons (Fsp3) is 0.500. The number of Topliss-reactive ketones (excluding diaryl/α,β-unsaturated/α-hetero) is 1. The van der Waals surface area contributed by atoms with Crippen LogP contribution in [0.1, 0.15) is 13.3 Å². The minimum atomic E-state index is 0. The van der Waals surface area contributed by atoms with Gasteiger partial charge in [-0.1, -0.05) is 0 Å². The maximum atomic E-state index is 9.75. The third-order valence-corrected chi connectivity index (χ3v) is 0.352. The Labute approximate surface area is 74.1 Å². The predicted octanol–water partition coefficient (Wildman–Crippen LogP) is -0.387. The summed E-state index contributed by atoms with van der Waals surface area (Å²) in [6, 6.07) is 0. The van der Waals surface area contributed by atoms with Crippen LogP contribution in [0.5, 0.6) is 0 Å². The zero-order chi connectivity index (χ0) is 4.28. The molecule has 0 saturated carbocycles. The molecule has 0 aliphatic carbocycles. The molecule has 1 nitrogen and oxygen atoms in total. The molecule has 0 unspecified atom stereocenters. The van der Waals surface area contributed by atoms with Crippen molar-refractivity contribution >= 4 is 23.1 Å². The molecule has 0 aromatic carbocycles. The minimum Gasteiger partial charge on any atom is -0.300 e. The van der Waals surface area contributed by atoms with E-state index in [0.29, 0.717) is 6.42 Å². The van der Waals surface area contributed by atoms with Crippen molar-refractivity contribution in [3.05, 3.63) is 6.92 Å². The maximum absolute atomic E-state index is 9.75. The van der Waals surface area contributed by atoms with Crippen molar-refractivity contribution in [2.45, 2.75) is 13.3 Å². The first kappa shape index (κ1) is 15.7. The molecule has 7 heavy (non-hydrogen) atoms. The van der Waals surface area contributed by atoms with Gasteiger partial charge < -0.3 is 4.79 Å². The molecule has 0 aliphatic heterocycles. The molecule has 39 valence electrons. The van der Waals surface area contributed by atoms with Crippen LogP contribution in [0.2, 0.25) is 0 Å². The molecule has 1 radical (unpaired) electrons. The van der Waals surface area contributed by atoms with E-state index in [-0.39, 0.29) is 49.3 Å². The third kappa shape index (κ3) is 19.2. The molecule has 0 bridgehead atoms. The second-order valence-corrected chi connectivity index (χ2v) is 0.952. The Hall–Kier alpha value is 1.09. The van der Waals surface area contributed by atoms with Crippen LogP contribution in [-0.2, 0) is 31.0 Å². The quantitative estimate of drug-likeness (QED) is 0.517. The van der Waals surface area contributed by atoms with Gasteiger partial charge >= 0.3 is 0 Å². The second kappa shape index (κ2) is 10.1. The van der Waals surface area contributed by atoms with Crippen LogP contribution >= 0.6 is 0 Å². The molecule has 3 heteroatoms. The van der Waals surface area contributed by atoms with Crippen molar-refractivity contribution in [3.8, 4) is 0 Å². The first-order valence-corrected chi connectivity index (χ1v) is 1.56. The Morgan fingerprint density at radius 3 is 1.86 bits per heavy atom. The molecule has 0 atom stereocenters. The minimum absolute atomic E-state index is 0. The van der Waals surface area contributed by atoms with E-state index in [2.05, 4.69) is 6.92 Å². The van der Waals surface area contributed by atoms with Gasteiger partial charge in [-0.15, -0.1) is 0 Å². The summed E-state index contributed by atoms with van der Waals surface area (Å²) in [6.07, 6.45) is 0.417. The Morgan fingerprint density at radius 2 is 1.86 bits per heavy atom. The van der Waals surface area contributed by atoms with Crippen LogP contribution in [0.15, 0.2) is 0 Å². The average Bonchev–Trinajstić information content (AvgIpc) is 1.38. The van der Waals surface area contributed by atoms with Crippen molar-refractivity contribution < 1.29 is 31.0 Å². The average molecular weight is 192 g/mol. The Morgan fingerprint density at radius 1 is 1.71 bits per heavy atom. The van der Waals surface area contributed by atoms with Gasteiger partial charge in [0.05, 0.1) is 0 Å². The summed E-state index contributed by atoms with van der Waals surface area (Å²) in [6.45, 7) is 4.86. The predicted molar refractivity (Wildman–Crippen MR) is 30.6 cm³/mol. The summed E-state index contributed by atoms with van der Waals surface area (Å²) in [4.78, 5) is 9.75. The molecular formula is C4H10AlOZr. The van der Waals surface area contributed by atoms with E-state index >= 15 is 0 Å². The molecule has 0 aromatic heterocycles. The molecular weight excluding hydrogens is 182 g/mol. The first-order chi connectivity index (χ1) is 2.27. The number of carbonyl (C=O) groups is 1. The summed E-state index contributed by atoms with van der Waals surface area (Å²) in [5, 5.41) is 0. The summed E-state index contributed by atoms with van der Waals surface area (Å²) in [5.74, 6) is 0.144. The van der Waals surface area contributed by atoms with Gasteiger partial charge in [0, 0.05) is 32.6 Å². The van der Waals surface area contributed by atoms with E-state index in [1.54, 1.807) is 0 Å². The second-order valence-electron chi connectivity index (χ2n) is 0.952. The zero-order valence-corrected chi connectivity index (χ0v) is 6.28. The zero-order valence-electron chi connectivity index (χ0n) is 3.82. The topological polar surface area (TPSA) is 17.1 Å². The fourth-order valence-electron chi connectivity index (χ4n) is 0. The Bertz CT molecular complexity index is 47.0. The third-order valence-electron chi connectivity index (χ3n) is 0.352. The summed E-state index contributed by atoms with van der Waals surface area (Å²) in [5.41, 5.74) is 0. The van der Waals surface area contributed by atoms with Crippen LogP contribution in [0, 0.1) is 6.92 Å². The summed E-state index contributed by atoms with van der Waals surface area (Å²) >= 11 is 0. The molecule has 0 rings (SSSR count). The van der Waals surface area contributed by atoms with Crippen molar-refractivity contribution in [1.29, 1.82) is 0 Å². The van der Waals surface area contributed by atoms with E-state index < -0.39 is 0 Å². The van der Waals surface area contributed by atoms with E-state index in [4.69, 9.17) is 0 Å². The molecule has 0 heterocycles. The van der Waals surface area contributed by atoms with Gasteiger partial charge in [0.1, 0.15) is 5.78 Å². The Kier molecular flexibility index (Phi) is 22.8. The normalized spacial score (nSPS) is 5.43. The van der Waals surface area contributed by atoms with E-state index in [0.717, 1.165) is 0 Å². The number of carbonyl (C=O) groups excluding carboxylic acids is 1. The van der Waals surface area contributed by atoms with E-state index in [9.17, 15) is 4.79 Å². The van der Waals surface area contributed by atoms with Gasteiger partial charge in [0.2, 0.25) is 0 Å². The largest absolute Gasteiger partial charge is 0.300 e. The van der Waals surface area contributed by atoms with Gasteiger partial charge in [0.25, 0.3) is 0 Å². The molecule has 0 fully saturated rings. The molecule has 0 N–H and O–H groups in total. The van der Waals surface area contributed by atoms with Crippen molar-refractivity contribution in [2.24, 2.45) is 0 Å². The van der Waals surface area contributed by atoms with E-state index in [1.807, 2.05) is 0 Å². The van der Waals surface area contributed by atoms with Gasteiger partial charge in [-0.2, -0.15) is 0 Å². The van der Waals surface area contributed by atoms with Gasteiger partial charge in [-0.05, 0) is 13.8 Å². The van der Waals surface area contributed by atoms with Crippen LogP contribution in [0.3, 0.4) is 0 Å². The van der Waals surface area contributed by atoms with Crippen molar-refractivity contribution in [2.75, 3.05) is 0 Å². The number of hydrogen-bond acceptors (Lipinski definition) is 1. The maximum Gasteiger partial charge on any atom is 0.187 e. The van der Waals surface area contributed by atoms with Gasteiger partial charge in [-0.25, -0.2) is 0 Å².